The maximum atomic E-state index is 2.68. The zero-order valence-electron chi connectivity index (χ0n) is 40.8. The summed E-state index contributed by atoms with van der Waals surface area (Å²) < 4.78 is 0. The molecule has 0 aromatic heterocycles. The first-order chi connectivity index (χ1) is 33.8. The third-order valence-electron chi connectivity index (χ3n) is 14.6. The summed E-state index contributed by atoms with van der Waals surface area (Å²) in [6, 6.07) is 78.0. The van der Waals surface area contributed by atoms with Crippen LogP contribution in [0.4, 0.5) is 34.1 Å². The number of anilines is 6. The molecule has 0 aliphatic carbocycles. The molecule has 2 heterocycles. The molecule has 0 saturated heterocycles. The summed E-state index contributed by atoms with van der Waals surface area (Å²) >= 11 is 0. The third kappa shape index (κ3) is 8.29. The molecule has 0 amide bonds. The van der Waals surface area contributed by atoms with Gasteiger partial charge >= 0.3 is 0 Å². The van der Waals surface area contributed by atoms with Gasteiger partial charge in [0.2, 0.25) is 0 Å². The monoisotopic (exact) mass is 892 g/mol. The van der Waals surface area contributed by atoms with Gasteiger partial charge in [0.05, 0.1) is 0 Å². The fourth-order valence-electron chi connectivity index (χ4n) is 10.9. The van der Waals surface area contributed by atoms with Crippen molar-refractivity contribution in [1.82, 2.24) is 0 Å². The first-order valence-electron chi connectivity index (χ1n) is 25.3. The number of benzene rings is 9. The SMILES string of the molecule is CCCCc1ccc(-c2ccccc2)cc1N1c2ccc(-c3ccccc3)cc2B2c3cc(-c4ccccc4)ccc3N(c3cc(-c4ccccc4)ccc3CCCC)c3cc(C(C)(C)C)cc1c32. The molecule has 338 valence electrons. The molecule has 3 heteroatoms. The van der Waals surface area contributed by atoms with E-state index in [9.17, 15) is 0 Å². The lowest BCUT2D eigenvalue weighted by Crippen LogP contribution is -2.61. The van der Waals surface area contributed by atoms with E-state index in [0.717, 1.165) is 38.5 Å². The van der Waals surface area contributed by atoms with E-state index >= 15 is 0 Å². The Balaban J connectivity index is 1.27. The third-order valence-corrected chi connectivity index (χ3v) is 14.6. The second-order valence-corrected chi connectivity index (χ2v) is 20.2. The van der Waals surface area contributed by atoms with Crippen molar-refractivity contribution < 1.29 is 0 Å². The second kappa shape index (κ2) is 18.6. The fraction of sp³-hybridized carbons (Fsp3) is 0.182. The minimum absolute atomic E-state index is 0.0401. The summed E-state index contributed by atoms with van der Waals surface area (Å²) in [5.41, 5.74) is 25.3. The smallest absolute Gasteiger partial charge is 0.252 e. The minimum atomic E-state index is -0.138. The molecule has 0 fully saturated rings. The lowest BCUT2D eigenvalue weighted by Gasteiger charge is -2.46. The van der Waals surface area contributed by atoms with Crippen LogP contribution >= 0.6 is 0 Å². The van der Waals surface area contributed by atoms with Crippen LogP contribution in [0.5, 0.6) is 0 Å². The largest absolute Gasteiger partial charge is 0.311 e. The number of unbranched alkanes of at least 4 members (excludes halogenated alkanes) is 2. The number of fused-ring (bicyclic) bond motifs is 4. The topological polar surface area (TPSA) is 6.48 Å². The first-order valence-corrected chi connectivity index (χ1v) is 25.3. The van der Waals surface area contributed by atoms with Crippen molar-refractivity contribution in [3.05, 3.63) is 223 Å². The van der Waals surface area contributed by atoms with Gasteiger partial charge in [-0.25, -0.2) is 0 Å². The number of hydrogen-bond donors (Lipinski definition) is 0. The van der Waals surface area contributed by atoms with Gasteiger partial charge in [-0.3, -0.25) is 0 Å². The summed E-state index contributed by atoms with van der Waals surface area (Å²) in [7, 11) is 0. The van der Waals surface area contributed by atoms with Gasteiger partial charge < -0.3 is 9.80 Å². The zero-order valence-corrected chi connectivity index (χ0v) is 40.8. The number of aryl methyl sites for hydroxylation is 2. The van der Waals surface area contributed by atoms with E-state index in [1.807, 2.05) is 0 Å². The Morgan fingerprint density at radius 3 is 1.04 bits per heavy atom. The minimum Gasteiger partial charge on any atom is -0.311 e. The summed E-state index contributed by atoms with van der Waals surface area (Å²) in [5, 5.41) is 0. The van der Waals surface area contributed by atoms with Gasteiger partial charge in [0.15, 0.2) is 0 Å². The quantitative estimate of drug-likeness (QED) is 0.113. The highest BCUT2D eigenvalue weighted by atomic mass is 15.2. The van der Waals surface area contributed by atoms with E-state index < -0.39 is 0 Å². The molecule has 9 aromatic carbocycles. The molecule has 2 nitrogen and oxygen atoms in total. The predicted octanol–water partition coefficient (Wildman–Crippen LogP) is 16.4. The lowest BCUT2D eigenvalue weighted by molar-refractivity contribution is 0.590. The van der Waals surface area contributed by atoms with E-state index in [-0.39, 0.29) is 12.1 Å². The van der Waals surface area contributed by atoms with E-state index in [1.165, 1.54) is 112 Å². The Morgan fingerprint density at radius 1 is 0.348 bits per heavy atom. The van der Waals surface area contributed by atoms with Gasteiger partial charge in [0.1, 0.15) is 0 Å². The van der Waals surface area contributed by atoms with Crippen molar-refractivity contribution in [3.63, 3.8) is 0 Å². The van der Waals surface area contributed by atoms with Gasteiger partial charge in [-0.1, -0.05) is 217 Å². The molecule has 0 saturated carbocycles. The molecular weight excluding hydrogens is 832 g/mol. The molecule has 0 unspecified atom stereocenters. The van der Waals surface area contributed by atoms with E-state index in [1.54, 1.807) is 0 Å². The van der Waals surface area contributed by atoms with Crippen LogP contribution < -0.4 is 26.2 Å². The van der Waals surface area contributed by atoms with Crippen LogP contribution in [-0.4, -0.2) is 6.71 Å². The predicted molar refractivity (Wildman–Crippen MR) is 298 cm³/mol. The molecule has 0 atom stereocenters. The molecule has 0 radical (unpaired) electrons. The van der Waals surface area contributed by atoms with Crippen LogP contribution in [0.25, 0.3) is 44.5 Å². The Kier molecular flexibility index (Phi) is 11.9. The molecule has 2 aliphatic rings. The average Bonchev–Trinajstić information content (AvgIpc) is 3.40. The number of nitrogens with zero attached hydrogens (tertiary/aromatic N) is 2. The van der Waals surface area contributed by atoms with Crippen LogP contribution in [0, 0.1) is 0 Å². The molecule has 0 bridgehead atoms. The molecule has 0 N–H and O–H groups in total. The van der Waals surface area contributed by atoms with Crippen LogP contribution in [0.15, 0.2) is 206 Å². The Morgan fingerprint density at radius 2 is 0.696 bits per heavy atom. The Labute approximate surface area is 411 Å². The Bertz CT molecular complexity index is 3070. The summed E-state index contributed by atoms with van der Waals surface area (Å²) in [5.74, 6) is 0. The van der Waals surface area contributed by atoms with Gasteiger partial charge in [0.25, 0.3) is 6.71 Å². The van der Waals surface area contributed by atoms with Crippen molar-refractivity contribution in [2.24, 2.45) is 0 Å². The zero-order chi connectivity index (χ0) is 47.1. The molecule has 2 aliphatic heterocycles. The summed E-state index contributed by atoms with van der Waals surface area (Å²) in [4.78, 5) is 5.35. The lowest BCUT2D eigenvalue weighted by atomic mass is 9.33. The van der Waals surface area contributed by atoms with Crippen molar-refractivity contribution in [1.29, 1.82) is 0 Å². The molecular formula is C66H61BN2. The number of hydrogen-bond acceptors (Lipinski definition) is 2. The molecule has 11 rings (SSSR count). The normalized spacial score (nSPS) is 12.7. The van der Waals surface area contributed by atoms with E-state index in [4.69, 9.17) is 0 Å². The standard InChI is InChI=1S/C66H61BN2/c1-6-8-22-50-32-34-54(48-28-18-12-19-29-48)42-61(50)68-59-38-36-52(46-24-14-10-15-25-46)40-57(59)67-58-41-53(47-26-16-11-17-27-47)37-39-60(58)69(64-45-56(66(3,4)5)44-63(68)65(64)67)62-43-55(49-30-20-13-21-31-49)35-33-51(62)23-9-7-2/h10-21,24-45H,6-9,22-23H2,1-5H3. The van der Waals surface area contributed by atoms with E-state index in [2.05, 4.69) is 251 Å². The van der Waals surface area contributed by atoms with Crippen molar-refractivity contribution in [2.45, 2.75) is 78.6 Å². The highest BCUT2D eigenvalue weighted by Gasteiger charge is 2.45. The highest BCUT2D eigenvalue weighted by molar-refractivity contribution is 7.00. The maximum Gasteiger partial charge on any atom is 0.252 e. The van der Waals surface area contributed by atoms with Crippen molar-refractivity contribution >= 4 is 57.2 Å². The highest BCUT2D eigenvalue weighted by Crippen LogP contribution is 2.49. The molecule has 0 spiro atoms. The summed E-state index contributed by atoms with van der Waals surface area (Å²) in [6.07, 6.45) is 6.51. The summed E-state index contributed by atoms with van der Waals surface area (Å²) in [6.45, 7) is 11.7. The number of rotatable bonds is 12. The fourth-order valence-corrected chi connectivity index (χ4v) is 10.9. The average molecular weight is 893 g/mol. The molecule has 9 aromatic rings. The second-order valence-electron chi connectivity index (χ2n) is 20.2. The van der Waals surface area contributed by atoms with Gasteiger partial charge in [0, 0.05) is 34.1 Å². The van der Waals surface area contributed by atoms with Crippen LogP contribution in [0.2, 0.25) is 0 Å². The van der Waals surface area contributed by atoms with Gasteiger partial charge in [-0.05, 0) is 145 Å². The van der Waals surface area contributed by atoms with Crippen LogP contribution in [0.3, 0.4) is 0 Å². The molecule has 69 heavy (non-hydrogen) atoms. The van der Waals surface area contributed by atoms with Crippen LogP contribution in [-0.2, 0) is 18.3 Å². The van der Waals surface area contributed by atoms with Crippen LogP contribution in [0.1, 0.15) is 77.0 Å². The van der Waals surface area contributed by atoms with Crippen molar-refractivity contribution in [2.75, 3.05) is 9.80 Å². The van der Waals surface area contributed by atoms with Gasteiger partial charge in [-0.2, -0.15) is 0 Å². The Hall–Kier alpha value is -7.36. The van der Waals surface area contributed by atoms with E-state index in [0.29, 0.717) is 0 Å². The van der Waals surface area contributed by atoms with Crippen molar-refractivity contribution in [3.8, 4) is 44.5 Å². The maximum absolute atomic E-state index is 2.68. The first kappa shape index (κ1) is 44.2. The van der Waals surface area contributed by atoms with Gasteiger partial charge in [-0.15, -0.1) is 0 Å².